The van der Waals surface area contributed by atoms with Crippen LogP contribution in [0.15, 0.2) is 30.5 Å². The number of rotatable bonds is 4. The van der Waals surface area contributed by atoms with Crippen LogP contribution in [-0.4, -0.2) is 40.3 Å². The highest BCUT2D eigenvalue weighted by atomic mass is 16.5. The third-order valence-electron chi connectivity index (χ3n) is 4.46. The Balaban J connectivity index is 1.90. The molecule has 2 N–H and O–H groups in total. The van der Waals surface area contributed by atoms with Crippen LogP contribution in [0.4, 0.5) is 0 Å². The number of aryl methyl sites for hydroxylation is 1. The molecule has 0 atom stereocenters. The van der Waals surface area contributed by atoms with E-state index >= 15 is 0 Å². The molecule has 122 valence electrons. The number of aliphatic carboxylic acids is 1. The molecule has 2 aromatic rings. The van der Waals surface area contributed by atoms with Gasteiger partial charge >= 0.3 is 5.97 Å². The van der Waals surface area contributed by atoms with Gasteiger partial charge < -0.3 is 19.7 Å². The fraction of sp³-hybridized carbons (Fsp3) is 0.412. The second kappa shape index (κ2) is 6.04. The molecule has 6 heteroatoms. The van der Waals surface area contributed by atoms with Crippen molar-refractivity contribution in [3.8, 4) is 0 Å². The van der Waals surface area contributed by atoms with E-state index in [4.69, 9.17) is 4.74 Å². The Morgan fingerprint density at radius 2 is 2.00 bits per heavy atom. The fourth-order valence-corrected chi connectivity index (χ4v) is 3.23. The first-order valence-electron chi connectivity index (χ1n) is 7.67. The minimum absolute atomic E-state index is 0.0904. The zero-order chi connectivity index (χ0) is 16.4. The van der Waals surface area contributed by atoms with Crippen molar-refractivity contribution in [3.63, 3.8) is 0 Å². The molecule has 1 saturated heterocycles. The predicted molar refractivity (Wildman–Crippen MR) is 85.4 cm³/mol. The highest BCUT2D eigenvalue weighted by Gasteiger charge is 2.37. The van der Waals surface area contributed by atoms with E-state index < -0.39 is 11.5 Å². The summed E-state index contributed by atoms with van der Waals surface area (Å²) in [6.07, 6.45) is 2.71. The molecule has 0 saturated carbocycles. The van der Waals surface area contributed by atoms with Crippen molar-refractivity contribution >= 4 is 22.8 Å². The number of carbonyl (C=O) groups is 2. The summed E-state index contributed by atoms with van der Waals surface area (Å²) in [6, 6.07) is 7.67. The summed E-state index contributed by atoms with van der Waals surface area (Å²) >= 11 is 0. The van der Waals surface area contributed by atoms with E-state index in [9.17, 15) is 14.7 Å². The molecule has 0 spiro atoms. The third kappa shape index (κ3) is 3.07. The van der Waals surface area contributed by atoms with E-state index in [1.165, 1.54) is 0 Å². The minimum Gasteiger partial charge on any atom is -0.481 e. The summed E-state index contributed by atoms with van der Waals surface area (Å²) < 4.78 is 7.22. The Morgan fingerprint density at radius 1 is 1.30 bits per heavy atom. The molecule has 6 nitrogen and oxygen atoms in total. The van der Waals surface area contributed by atoms with Crippen LogP contribution in [-0.2, 0) is 16.6 Å². The van der Waals surface area contributed by atoms with Crippen LogP contribution < -0.4 is 5.32 Å². The van der Waals surface area contributed by atoms with Crippen molar-refractivity contribution in [2.45, 2.75) is 24.8 Å². The number of nitrogens with zero attached hydrogens (tertiary/aromatic N) is 1. The highest BCUT2D eigenvalue weighted by molar-refractivity contribution is 6.07. The maximum absolute atomic E-state index is 12.8. The zero-order valence-corrected chi connectivity index (χ0v) is 13.0. The van der Waals surface area contributed by atoms with Crippen LogP contribution in [0.25, 0.3) is 10.9 Å². The molecule has 23 heavy (non-hydrogen) atoms. The van der Waals surface area contributed by atoms with Crippen molar-refractivity contribution in [2.24, 2.45) is 7.05 Å². The molecule has 0 bridgehead atoms. The summed E-state index contributed by atoms with van der Waals surface area (Å²) in [5.41, 5.74) is 0.800. The van der Waals surface area contributed by atoms with Gasteiger partial charge in [-0.05, 0) is 18.9 Å². The Labute approximate surface area is 134 Å². The van der Waals surface area contributed by atoms with Gasteiger partial charge in [-0.25, -0.2) is 0 Å². The topological polar surface area (TPSA) is 80.6 Å². The van der Waals surface area contributed by atoms with Gasteiger partial charge in [0.2, 0.25) is 0 Å². The maximum atomic E-state index is 12.8. The second-order valence-corrected chi connectivity index (χ2v) is 6.09. The van der Waals surface area contributed by atoms with Gasteiger partial charge in [-0.15, -0.1) is 0 Å². The number of ether oxygens (including phenoxy) is 1. The standard InChI is InChI=1S/C17H20N2O4/c1-19-11-13(12-4-2-3-5-14(12)19)16(22)18-17(10-15(20)21)6-8-23-9-7-17/h2-5,11H,6-10H2,1H3,(H,18,22)(H,20,21). The lowest BCUT2D eigenvalue weighted by Crippen LogP contribution is -2.53. The molecule has 3 rings (SSSR count). The number of carboxylic acid groups (broad SMARTS) is 1. The molecule has 0 aliphatic carbocycles. The quantitative estimate of drug-likeness (QED) is 0.903. The van der Waals surface area contributed by atoms with Gasteiger partial charge in [0, 0.05) is 37.4 Å². The molecule has 1 aliphatic rings. The number of hydrogen-bond acceptors (Lipinski definition) is 3. The van der Waals surface area contributed by atoms with Gasteiger partial charge in [-0.3, -0.25) is 9.59 Å². The molecular formula is C17H20N2O4. The number of carboxylic acids is 1. The predicted octanol–water partition coefficient (Wildman–Crippen LogP) is 1.93. The maximum Gasteiger partial charge on any atom is 0.305 e. The van der Waals surface area contributed by atoms with Crippen LogP contribution in [0.3, 0.4) is 0 Å². The molecule has 1 amide bonds. The first-order chi connectivity index (χ1) is 11.0. The SMILES string of the molecule is Cn1cc(C(=O)NC2(CC(=O)O)CCOCC2)c2ccccc21. The molecule has 2 heterocycles. The Morgan fingerprint density at radius 3 is 2.70 bits per heavy atom. The lowest BCUT2D eigenvalue weighted by atomic mass is 9.86. The Bertz CT molecular complexity index is 744. The lowest BCUT2D eigenvalue weighted by Gasteiger charge is -2.36. The second-order valence-electron chi connectivity index (χ2n) is 6.09. The van der Waals surface area contributed by atoms with Gasteiger partial charge in [0.1, 0.15) is 0 Å². The van der Waals surface area contributed by atoms with E-state index in [-0.39, 0.29) is 12.3 Å². The number of para-hydroxylation sites is 1. The van der Waals surface area contributed by atoms with Crippen LogP contribution in [0.5, 0.6) is 0 Å². The lowest BCUT2D eigenvalue weighted by molar-refractivity contribution is -0.139. The normalized spacial score (nSPS) is 17.1. The van der Waals surface area contributed by atoms with E-state index in [0.717, 1.165) is 10.9 Å². The van der Waals surface area contributed by atoms with E-state index in [2.05, 4.69) is 5.32 Å². The first-order valence-corrected chi connectivity index (χ1v) is 7.67. The van der Waals surface area contributed by atoms with Crippen LogP contribution in [0.1, 0.15) is 29.6 Å². The van der Waals surface area contributed by atoms with Gasteiger partial charge in [-0.2, -0.15) is 0 Å². The molecule has 1 fully saturated rings. The average Bonchev–Trinajstić information content (AvgIpc) is 2.85. The van der Waals surface area contributed by atoms with Crippen molar-refractivity contribution in [1.29, 1.82) is 0 Å². The largest absolute Gasteiger partial charge is 0.481 e. The fourth-order valence-electron chi connectivity index (χ4n) is 3.23. The van der Waals surface area contributed by atoms with Gasteiger partial charge in [0.05, 0.1) is 17.5 Å². The number of aromatic nitrogens is 1. The first kappa shape index (κ1) is 15.6. The van der Waals surface area contributed by atoms with Crippen LogP contribution >= 0.6 is 0 Å². The minimum atomic E-state index is -0.912. The highest BCUT2D eigenvalue weighted by Crippen LogP contribution is 2.27. The van der Waals surface area contributed by atoms with Crippen molar-refractivity contribution in [3.05, 3.63) is 36.0 Å². The number of benzene rings is 1. The number of hydrogen-bond donors (Lipinski definition) is 2. The summed E-state index contributed by atoms with van der Waals surface area (Å²) in [5, 5.41) is 13.0. The monoisotopic (exact) mass is 316 g/mol. The van der Waals surface area contributed by atoms with E-state index in [1.807, 2.05) is 35.9 Å². The van der Waals surface area contributed by atoms with Crippen molar-refractivity contribution < 1.29 is 19.4 Å². The third-order valence-corrected chi connectivity index (χ3v) is 4.46. The van der Waals surface area contributed by atoms with Gasteiger partial charge in [0.25, 0.3) is 5.91 Å². The summed E-state index contributed by atoms with van der Waals surface area (Å²) in [7, 11) is 1.89. The smallest absolute Gasteiger partial charge is 0.305 e. The molecule has 1 aromatic heterocycles. The van der Waals surface area contributed by atoms with Crippen molar-refractivity contribution in [2.75, 3.05) is 13.2 Å². The molecule has 0 radical (unpaired) electrons. The Hall–Kier alpha value is -2.34. The summed E-state index contributed by atoms with van der Waals surface area (Å²) in [6.45, 7) is 0.923. The summed E-state index contributed by atoms with van der Waals surface area (Å²) in [4.78, 5) is 24.0. The zero-order valence-electron chi connectivity index (χ0n) is 13.0. The molecular weight excluding hydrogens is 296 g/mol. The number of carbonyl (C=O) groups excluding carboxylic acids is 1. The van der Waals surface area contributed by atoms with Gasteiger partial charge in [-0.1, -0.05) is 18.2 Å². The molecule has 1 aliphatic heterocycles. The van der Waals surface area contributed by atoms with Crippen LogP contribution in [0, 0.1) is 0 Å². The average molecular weight is 316 g/mol. The number of amides is 1. The van der Waals surface area contributed by atoms with Crippen LogP contribution in [0.2, 0.25) is 0 Å². The van der Waals surface area contributed by atoms with Crippen molar-refractivity contribution in [1.82, 2.24) is 9.88 Å². The molecule has 0 unspecified atom stereocenters. The van der Waals surface area contributed by atoms with E-state index in [1.54, 1.807) is 6.20 Å². The number of fused-ring (bicyclic) bond motifs is 1. The number of nitrogens with one attached hydrogen (secondary N) is 1. The Kier molecular flexibility index (Phi) is 4.09. The molecule has 1 aromatic carbocycles. The van der Waals surface area contributed by atoms with Gasteiger partial charge in [0.15, 0.2) is 0 Å². The summed E-state index contributed by atoms with van der Waals surface area (Å²) in [5.74, 6) is -1.14. The van der Waals surface area contributed by atoms with E-state index in [0.29, 0.717) is 31.6 Å².